The molecule has 0 radical (unpaired) electrons. The number of amides is 1. The molecule has 1 unspecified atom stereocenters. The molecule has 0 saturated carbocycles. The maximum atomic E-state index is 12.9. The van der Waals surface area contributed by atoms with Gasteiger partial charge in [0.15, 0.2) is 5.17 Å². The van der Waals surface area contributed by atoms with E-state index in [0.717, 1.165) is 4.88 Å². The number of rotatable bonds is 4. The zero-order valence-electron chi connectivity index (χ0n) is 15.5. The maximum Gasteiger partial charge on any atom is 0.269 e. The van der Waals surface area contributed by atoms with Gasteiger partial charge in [-0.05, 0) is 37.3 Å². The van der Waals surface area contributed by atoms with Gasteiger partial charge in [-0.1, -0.05) is 24.8 Å². The summed E-state index contributed by atoms with van der Waals surface area (Å²) < 4.78 is 25.9. The molecule has 1 amide bonds. The lowest BCUT2D eigenvalue weighted by atomic mass is 10.3. The van der Waals surface area contributed by atoms with Crippen LogP contribution in [-0.2, 0) is 10.0 Å². The molecule has 144 valence electrons. The summed E-state index contributed by atoms with van der Waals surface area (Å²) in [6, 6.07) is 10.2. The van der Waals surface area contributed by atoms with Crippen molar-refractivity contribution < 1.29 is 13.2 Å². The zero-order chi connectivity index (χ0) is 19.8. The highest BCUT2D eigenvalue weighted by Crippen LogP contribution is 2.31. The van der Waals surface area contributed by atoms with E-state index < -0.39 is 10.0 Å². The van der Waals surface area contributed by atoms with E-state index in [1.54, 1.807) is 23.1 Å². The molecule has 2 aromatic rings. The topological polar surface area (TPSA) is 70.0 Å². The molecule has 0 N–H and O–H groups in total. The average Bonchev–Trinajstić information content (AvgIpc) is 3.20. The van der Waals surface area contributed by atoms with Crippen LogP contribution >= 0.6 is 23.1 Å². The van der Waals surface area contributed by atoms with Crippen LogP contribution in [0.1, 0.15) is 21.5 Å². The monoisotopic (exact) mass is 423 g/mol. The number of sulfonamides is 1. The Morgan fingerprint density at radius 3 is 2.63 bits per heavy atom. The molecular formula is C18H21N3O3S3. The molecular weight excluding hydrogens is 402 g/mol. The largest absolute Gasteiger partial charge is 0.285 e. The Morgan fingerprint density at radius 2 is 2.00 bits per heavy atom. The summed E-state index contributed by atoms with van der Waals surface area (Å²) in [7, 11) is -0.552. The van der Waals surface area contributed by atoms with Crippen molar-refractivity contribution in [2.24, 2.45) is 4.99 Å². The van der Waals surface area contributed by atoms with Gasteiger partial charge in [-0.25, -0.2) is 17.7 Å². The number of thioether (sulfide) groups is 1. The molecule has 27 heavy (non-hydrogen) atoms. The van der Waals surface area contributed by atoms with Gasteiger partial charge in [0.25, 0.3) is 5.91 Å². The van der Waals surface area contributed by atoms with Gasteiger partial charge in [0.1, 0.15) is 0 Å². The van der Waals surface area contributed by atoms with Gasteiger partial charge in [-0.2, -0.15) is 0 Å². The van der Waals surface area contributed by atoms with Crippen molar-refractivity contribution in [1.82, 2.24) is 9.21 Å². The molecule has 6 nitrogen and oxygen atoms in total. The lowest BCUT2D eigenvalue weighted by Crippen LogP contribution is -2.31. The van der Waals surface area contributed by atoms with Crippen LogP contribution < -0.4 is 0 Å². The fraction of sp³-hybridized carbons (Fsp3) is 0.333. The lowest BCUT2D eigenvalue weighted by Gasteiger charge is -2.15. The minimum Gasteiger partial charge on any atom is -0.285 e. The van der Waals surface area contributed by atoms with Crippen molar-refractivity contribution in [3.8, 4) is 0 Å². The molecule has 0 bridgehead atoms. The fourth-order valence-corrected chi connectivity index (χ4v) is 5.37. The standard InChI is InChI=1S/C18H21N3O3S3/c1-12-8-9-16(25-12)17(22)21-11-13(2)26-18(21)19-14-6-5-7-15(10-14)27(23,24)20(3)4/h5-10,13H,11H2,1-4H3. The van der Waals surface area contributed by atoms with Crippen LogP contribution in [0.25, 0.3) is 0 Å². The van der Waals surface area contributed by atoms with E-state index in [1.165, 1.54) is 47.6 Å². The number of nitrogens with zero attached hydrogens (tertiary/aromatic N) is 3. The Labute approximate surface area is 168 Å². The Hall–Kier alpha value is -1.68. The van der Waals surface area contributed by atoms with Crippen molar-refractivity contribution in [3.63, 3.8) is 0 Å². The molecule has 2 heterocycles. The third-order valence-corrected chi connectivity index (χ3v) is 7.87. The van der Waals surface area contributed by atoms with Crippen molar-refractivity contribution >= 4 is 49.9 Å². The van der Waals surface area contributed by atoms with E-state index in [2.05, 4.69) is 4.99 Å². The van der Waals surface area contributed by atoms with Crippen molar-refractivity contribution in [2.45, 2.75) is 24.0 Å². The smallest absolute Gasteiger partial charge is 0.269 e. The molecule has 3 rings (SSSR count). The summed E-state index contributed by atoms with van der Waals surface area (Å²) in [5.41, 5.74) is 0.509. The normalized spacial score (nSPS) is 19.2. The fourth-order valence-electron chi connectivity index (χ4n) is 2.59. The quantitative estimate of drug-likeness (QED) is 0.754. The van der Waals surface area contributed by atoms with Gasteiger partial charge >= 0.3 is 0 Å². The first kappa shape index (κ1) is 20.1. The van der Waals surface area contributed by atoms with Crippen LogP contribution in [-0.4, -0.2) is 54.6 Å². The molecule has 1 atom stereocenters. The molecule has 1 saturated heterocycles. The van der Waals surface area contributed by atoms with Crippen molar-refractivity contribution in [3.05, 3.63) is 46.2 Å². The molecule has 1 aliphatic heterocycles. The van der Waals surface area contributed by atoms with E-state index in [-0.39, 0.29) is 16.1 Å². The minimum atomic E-state index is -3.54. The number of benzene rings is 1. The van der Waals surface area contributed by atoms with Gasteiger partial charge in [0.05, 0.1) is 15.5 Å². The SMILES string of the molecule is Cc1ccc(C(=O)N2CC(C)SC2=Nc2cccc(S(=O)(=O)N(C)C)c2)s1. The van der Waals surface area contributed by atoms with Gasteiger partial charge in [0, 0.05) is 30.8 Å². The summed E-state index contributed by atoms with van der Waals surface area (Å²) in [4.78, 5) is 21.1. The summed E-state index contributed by atoms with van der Waals surface area (Å²) in [5, 5.41) is 0.820. The summed E-state index contributed by atoms with van der Waals surface area (Å²) in [6.45, 7) is 4.59. The summed E-state index contributed by atoms with van der Waals surface area (Å²) in [6.07, 6.45) is 0. The number of thiophene rings is 1. The highest BCUT2D eigenvalue weighted by atomic mass is 32.2. The van der Waals surface area contributed by atoms with Crippen LogP contribution in [0.15, 0.2) is 46.3 Å². The molecule has 0 aliphatic carbocycles. The number of hydrogen-bond acceptors (Lipinski definition) is 6. The second kappa shape index (κ2) is 7.75. The summed E-state index contributed by atoms with van der Waals surface area (Å²) in [5.74, 6) is -0.0687. The Kier molecular flexibility index (Phi) is 5.76. The highest BCUT2D eigenvalue weighted by molar-refractivity contribution is 8.14. The van der Waals surface area contributed by atoms with Crippen LogP contribution in [0, 0.1) is 6.92 Å². The first-order valence-corrected chi connectivity index (χ1v) is 11.5. The first-order chi connectivity index (χ1) is 12.7. The first-order valence-electron chi connectivity index (χ1n) is 8.34. The number of carbonyl (C=O) groups is 1. The maximum absolute atomic E-state index is 12.9. The lowest BCUT2D eigenvalue weighted by molar-refractivity contribution is 0.0860. The predicted molar refractivity (Wildman–Crippen MR) is 112 cm³/mol. The second-order valence-electron chi connectivity index (χ2n) is 6.43. The van der Waals surface area contributed by atoms with Gasteiger partial charge in [-0.3, -0.25) is 9.69 Å². The number of amidine groups is 1. The molecule has 1 aliphatic rings. The molecule has 1 aromatic heterocycles. The van der Waals surface area contributed by atoms with Crippen molar-refractivity contribution in [1.29, 1.82) is 0 Å². The average molecular weight is 424 g/mol. The third-order valence-electron chi connectivity index (χ3n) is 3.99. The Morgan fingerprint density at radius 1 is 1.26 bits per heavy atom. The molecule has 0 spiro atoms. The number of hydrogen-bond donors (Lipinski definition) is 0. The van der Waals surface area contributed by atoms with E-state index in [9.17, 15) is 13.2 Å². The van der Waals surface area contributed by atoms with Crippen LogP contribution in [0.4, 0.5) is 5.69 Å². The Balaban J connectivity index is 1.94. The number of aliphatic imine (C=N–C) groups is 1. The number of aryl methyl sites for hydroxylation is 1. The van der Waals surface area contributed by atoms with Gasteiger partial charge < -0.3 is 0 Å². The van der Waals surface area contributed by atoms with E-state index in [1.807, 2.05) is 26.0 Å². The van der Waals surface area contributed by atoms with Crippen molar-refractivity contribution in [2.75, 3.05) is 20.6 Å². The predicted octanol–water partition coefficient (Wildman–Crippen LogP) is 3.57. The third kappa shape index (κ3) is 4.26. The minimum absolute atomic E-state index is 0.0687. The number of carbonyl (C=O) groups excluding carboxylic acids is 1. The zero-order valence-corrected chi connectivity index (χ0v) is 18.0. The van der Waals surface area contributed by atoms with Gasteiger partial charge in [-0.15, -0.1) is 11.3 Å². The van der Waals surface area contributed by atoms with E-state index >= 15 is 0 Å². The Bertz CT molecular complexity index is 996. The van der Waals surface area contributed by atoms with E-state index in [4.69, 9.17) is 0 Å². The van der Waals surface area contributed by atoms with Crippen LogP contribution in [0.2, 0.25) is 0 Å². The van der Waals surface area contributed by atoms with E-state index in [0.29, 0.717) is 22.3 Å². The van der Waals surface area contributed by atoms with Crippen LogP contribution in [0.3, 0.4) is 0 Å². The second-order valence-corrected chi connectivity index (χ2v) is 11.3. The van der Waals surface area contributed by atoms with Gasteiger partial charge in [0.2, 0.25) is 10.0 Å². The van der Waals surface area contributed by atoms with Crippen LogP contribution in [0.5, 0.6) is 0 Å². The highest BCUT2D eigenvalue weighted by Gasteiger charge is 2.32. The molecule has 9 heteroatoms. The molecule has 1 fully saturated rings. The summed E-state index contributed by atoms with van der Waals surface area (Å²) >= 11 is 2.98. The molecule has 1 aromatic carbocycles.